The molecule has 0 aromatic carbocycles. The second-order valence-corrected chi connectivity index (χ2v) is 3.75. The van der Waals surface area contributed by atoms with Crippen molar-refractivity contribution < 1.29 is 0 Å². The van der Waals surface area contributed by atoms with E-state index in [1.807, 2.05) is 27.1 Å². The van der Waals surface area contributed by atoms with Crippen molar-refractivity contribution in [3.8, 4) is 0 Å². The SMILES string of the molecule is CC/C(=C/NC)c1c(C)nc(Cl)nc1Cl. The van der Waals surface area contributed by atoms with Crippen molar-refractivity contribution in [3.05, 3.63) is 27.9 Å². The van der Waals surface area contributed by atoms with E-state index >= 15 is 0 Å². The van der Waals surface area contributed by atoms with Crippen LogP contribution >= 0.6 is 23.2 Å². The first kappa shape index (κ1) is 12.3. The van der Waals surface area contributed by atoms with Crippen molar-refractivity contribution in [2.75, 3.05) is 7.05 Å². The molecule has 3 nitrogen and oxygen atoms in total. The molecule has 0 saturated heterocycles. The zero-order valence-electron chi connectivity index (χ0n) is 8.93. The summed E-state index contributed by atoms with van der Waals surface area (Å²) in [4.78, 5) is 8.02. The number of allylic oxidation sites excluding steroid dienone is 1. The highest BCUT2D eigenvalue weighted by Gasteiger charge is 2.12. The second kappa shape index (κ2) is 5.33. The van der Waals surface area contributed by atoms with Gasteiger partial charge in [-0.25, -0.2) is 9.97 Å². The second-order valence-electron chi connectivity index (χ2n) is 3.06. The Bertz CT molecular complexity index is 365. The van der Waals surface area contributed by atoms with Crippen LogP contribution in [0.2, 0.25) is 10.4 Å². The van der Waals surface area contributed by atoms with Crippen LogP contribution in [0.4, 0.5) is 0 Å². The molecule has 0 fully saturated rings. The highest BCUT2D eigenvalue weighted by molar-refractivity contribution is 6.33. The fraction of sp³-hybridized carbons (Fsp3) is 0.400. The summed E-state index contributed by atoms with van der Waals surface area (Å²) in [5.74, 6) is 0. The minimum atomic E-state index is 0.182. The Hall–Kier alpha value is -0.800. The predicted octanol–water partition coefficient (Wildman–Crippen LogP) is 3.06. The summed E-state index contributed by atoms with van der Waals surface area (Å²) >= 11 is 11.7. The van der Waals surface area contributed by atoms with Crippen molar-refractivity contribution in [2.24, 2.45) is 0 Å². The van der Waals surface area contributed by atoms with E-state index in [1.165, 1.54) is 0 Å². The fourth-order valence-corrected chi connectivity index (χ4v) is 1.99. The molecular formula is C10H13Cl2N3. The molecule has 1 rings (SSSR count). The van der Waals surface area contributed by atoms with Gasteiger partial charge in [-0.15, -0.1) is 0 Å². The van der Waals surface area contributed by atoms with Gasteiger partial charge in [0.05, 0.1) is 5.69 Å². The number of hydrogen-bond donors (Lipinski definition) is 1. The molecular weight excluding hydrogens is 233 g/mol. The minimum absolute atomic E-state index is 0.182. The molecule has 1 aromatic rings. The zero-order valence-corrected chi connectivity index (χ0v) is 10.4. The lowest BCUT2D eigenvalue weighted by Gasteiger charge is -2.09. The Balaban J connectivity index is 3.29. The van der Waals surface area contributed by atoms with E-state index in [0.29, 0.717) is 5.15 Å². The van der Waals surface area contributed by atoms with Gasteiger partial charge in [0.15, 0.2) is 0 Å². The van der Waals surface area contributed by atoms with Gasteiger partial charge in [-0.1, -0.05) is 18.5 Å². The third-order valence-corrected chi connectivity index (χ3v) is 2.48. The van der Waals surface area contributed by atoms with E-state index < -0.39 is 0 Å². The molecule has 0 atom stereocenters. The quantitative estimate of drug-likeness (QED) is 0.657. The molecule has 0 bridgehead atoms. The predicted molar refractivity (Wildman–Crippen MR) is 64.1 cm³/mol. The Morgan fingerprint density at radius 2 is 2.07 bits per heavy atom. The molecule has 0 aliphatic rings. The number of hydrogen-bond acceptors (Lipinski definition) is 3. The van der Waals surface area contributed by atoms with Crippen LogP contribution in [0.25, 0.3) is 5.57 Å². The highest BCUT2D eigenvalue weighted by Crippen LogP contribution is 2.27. The van der Waals surface area contributed by atoms with Crippen LogP contribution in [-0.2, 0) is 0 Å². The van der Waals surface area contributed by atoms with Crippen molar-refractivity contribution in [2.45, 2.75) is 20.3 Å². The molecule has 1 N–H and O–H groups in total. The maximum absolute atomic E-state index is 6.04. The molecule has 0 amide bonds. The highest BCUT2D eigenvalue weighted by atomic mass is 35.5. The molecule has 0 radical (unpaired) electrons. The largest absolute Gasteiger partial charge is 0.394 e. The summed E-state index contributed by atoms with van der Waals surface area (Å²) in [6.07, 6.45) is 2.75. The van der Waals surface area contributed by atoms with Gasteiger partial charge in [0.2, 0.25) is 5.28 Å². The first-order valence-corrected chi connectivity index (χ1v) is 5.42. The molecule has 15 heavy (non-hydrogen) atoms. The van der Waals surface area contributed by atoms with Crippen LogP contribution in [0.1, 0.15) is 24.6 Å². The van der Waals surface area contributed by atoms with Crippen molar-refractivity contribution in [1.29, 1.82) is 0 Å². The number of nitrogens with one attached hydrogen (secondary N) is 1. The third-order valence-electron chi connectivity index (χ3n) is 2.04. The van der Waals surface area contributed by atoms with E-state index in [0.717, 1.165) is 23.3 Å². The number of aromatic nitrogens is 2. The van der Waals surface area contributed by atoms with Gasteiger partial charge in [0.1, 0.15) is 5.15 Å². The molecule has 1 heterocycles. The van der Waals surface area contributed by atoms with E-state index in [4.69, 9.17) is 23.2 Å². The molecule has 0 aliphatic heterocycles. The number of nitrogens with zero attached hydrogens (tertiary/aromatic N) is 2. The van der Waals surface area contributed by atoms with E-state index in [-0.39, 0.29) is 5.28 Å². The Kier molecular flexibility index (Phi) is 4.36. The van der Waals surface area contributed by atoms with Crippen molar-refractivity contribution in [1.82, 2.24) is 15.3 Å². The summed E-state index contributed by atoms with van der Waals surface area (Å²) < 4.78 is 0. The summed E-state index contributed by atoms with van der Waals surface area (Å²) in [6.45, 7) is 3.92. The van der Waals surface area contributed by atoms with Crippen LogP contribution in [-0.4, -0.2) is 17.0 Å². The monoisotopic (exact) mass is 245 g/mol. The molecule has 0 saturated carbocycles. The third kappa shape index (κ3) is 2.83. The lowest BCUT2D eigenvalue weighted by atomic mass is 10.1. The van der Waals surface area contributed by atoms with Gasteiger partial charge in [-0.05, 0) is 30.5 Å². The molecule has 1 aromatic heterocycles. The van der Waals surface area contributed by atoms with Crippen LogP contribution in [0, 0.1) is 6.92 Å². The number of rotatable bonds is 3. The van der Waals surface area contributed by atoms with Gasteiger partial charge >= 0.3 is 0 Å². The van der Waals surface area contributed by atoms with E-state index in [1.54, 1.807) is 0 Å². The smallest absolute Gasteiger partial charge is 0.224 e. The van der Waals surface area contributed by atoms with Crippen molar-refractivity contribution >= 4 is 28.8 Å². The average Bonchev–Trinajstić information content (AvgIpc) is 2.14. The Labute approximate surface area is 99.5 Å². The van der Waals surface area contributed by atoms with Crippen molar-refractivity contribution in [3.63, 3.8) is 0 Å². The average molecular weight is 246 g/mol. The lowest BCUT2D eigenvalue weighted by molar-refractivity contribution is 1.05. The topological polar surface area (TPSA) is 37.8 Å². The first-order chi connectivity index (χ1) is 7.10. The molecule has 5 heteroatoms. The fourth-order valence-electron chi connectivity index (χ4n) is 1.40. The van der Waals surface area contributed by atoms with Crippen LogP contribution in [0.3, 0.4) is 0 Å². The Morgan fingerprint density at radius 3 is 2.53 bits per heavy atom. The minimum Gasteiger partial charge on any atom is -0.394 e. The van der Waals surface area contributed by atoms with Crippen LogP contribution in [0.15, 0.2) is 6.20 Å². The van der Waals surface area contributed by atoms with Crippen LogP contribution < -0.4 is 5.32 Å². The van der Waals surface area contributed by atoms with Gasteiger partial charge < -0.3 is 5.32 Å². The summed E-state index contributed by atoms with van der Waals surface area (Å²) in [5.41, 5.74) is 2.72. The first-order valence-electron chi connectivity index (χ1n) is 4.66. The summed E-state index contributed by atoms with van der Waals surface area (Å²) in [6, 6.07) is 0. The van der Waals surface area contributed by atoms with E-state index in [2.05, 4.69) is 15.3 Å². The number of halogens is 2. The normalized spacial score (nSPS) is 11.7. The molecule has 0 spiro atoms. The number of aryl methyl sites for hydroxylation is 1. The molecule has 82 valence electrons. The molecule has 0 aliphatic carbocycles. The Morgan fingerprint density at radius 1 is 1.40 bits per heavy atom. The summed E-state index contributed by atoms with van der Waals surface area (Å²) in [5, 5.41) is 3.56. The lowest BCUT2D eigenvalue weighted by Crippen LogP contribution is -2.01. The van der Waals surface area contributed by atoms with Gasteiger partial charge in [-0.2, -0.15) is 0 Å². The maximum Gasteiger partial charge on any atom is 0.224 e. The standard InChI is InChI=1S/C10H13Cl2N3/c1-4-7(5-13-3)8-6(2)14-10(12)15-9(8)11/h5,13H,4H2,1-3H3/b7-5-. The van der Waals surface area contributed by atoms with Crippen LogP contribution in [0.5, 0.6) is 0 Å². The van der Waals surface area contributed by atoms with E-state index in [9.17, 15) is 0 Å². The zero-order chi connectivity index (χ0) is 11.4. The maximum atomic E-state index is 6.04. The summed E-state index contributed by atoms with van der Waals surface area (Å²) in [7, 11) is 1.84. The molecule has 0 unspecified atom stereocenters. The van der Waals surface area contributed by atoms with Gasteiger partial charge in [0.25, 0.3) is 0 Å². The van der Waals surface area contributed by atoms with Gasteiger partial charge in [0, 0.05) is 18.8 Å². The van der Waals surface area contributed by atoms with Gasteiger partial charge in [-0.3, -0.25) is 0 Å².